The molecule has 0 radical (unpaired) electrons. The Morgan fingerprint density at radius 1 is 0.340 bits per heavy atom. The van der Waals surface area contributed by atoms with Crippen LogP contribution in [0.1, 0.15) is 142 Å². The Kier molecular flexibility index (Phi) is 16.0. The van der Waals surface area contributed by atoms with Crippen LogP contribution in [0.2, 0.25) is 0 Å². The molecule has 0 amide bonds. The van der Waals surface area contributed by atoms with Crippen molar-refractivity contribution in [1.29, 1.82) is 0 Å². The summed E-state index contributed by atoms with van der Waals surface area (Å²) in [5.41, 5.74) is 25.2. The van der Waals surface area contributed by atoms with Crippen molar-refractivity contribution in [2.45, 2.75) is 136 Å². The van der Waals surface area contributed by atoms with Crippen LogP contribution in [-0.4, -0.2) is 0 Å². The Morgan fingerprint density at radius 3 is 1.00 bits per heavy atom. The predicted octanol–water partition coefficient (Wildman–Crippen LogP) is 12.0. The summed E-state index contributed by atoms with van der Waals surface area (Å²) in [6.45, 7) is 4.47. The van der Waals surface area contributed by atoms with Gasteiger partial charge in [-0.05, 0) is 120 Å². The number of benzene rings is 4. The maximum Gasteiger partial charge on any atom is 0.0316 e. The van der Waals surface area contributed by atoms with Gasteiger partial charge in [0.2, 0.25) is 0 Å². The summed E-state index contributed by atoms with van der Waals surface area (Å²) in [7, 11) is 0. The van der Waals surface area contributed by atoms with Gasteiger partial charge < -0.3 is 11.5 Å². The van der Waals surface area contributed by atoms with Gasteiger partial charge in [0.15, 0.2) is 0 Å². The predicted molar refractivity (Wildman–Crippen MR) is 206 cm³/mol. The quantitative estimate of drug-likeness (QED) is 0.0670. The Hall–Kier alpha value is -3.52. The minimum absolute atomic E-state index is 0.875. The Balaban J connectivity index is 0.984. The molecule has 0 saturated heterocycles. The lowest BCUT2D eigenvalue weighted by atomic mass is 9.95. The van der Waals surface area contributed by atoms with Crippen molar-refractivity contribution in [2.24, 2.45) is 0 Å². The molecule has 2 nitrogen and oxygen atoms in total. The molecule has 0 fully saturated rings. The summed E-state index contributed by atoms with van der Waals surface area (Å²) in [6.07, 6.45) is 24.0. The molecular weight excluding hydrogens is 569 g/mol. The number of aryl methyl sites for hydroxylation is 4. The fourth-order valence-corrected chi connectivity index (χ4v) is 6.98. The second kappa shape index (κ2) is 20.7. The largest absolute Gasteiger partial charge is 0.399 e. The topological polar surface area (TPSA) is 52.0 Å². The third-order valence-corrected chi connectivity index (χ3v) is 9.77. The molecule has 0 heterocycles. The summed E-state index contributed by atoms with van der Waals surface area (Å²) in [5.74, 6) is 0. The van der Waals surface area contributed by atoms with Crippen LogP contribution in [0.5, 0.6) is 0 Å². The molecule has 0 unspecified atom stereocenters. The van der Waals surface area contributed by atoms with Gasteiger partial charge in [0.05, 0.1) is 0 Å². The van der Waals surface area contributed by atoms with E-state index in [2.05, 4.69) is 86.6 Å². The number of unbranched alkanes of at least 4 members (excludes halogenated alkanes) is 10. The molecule has 2 heteroatoms. The second-order valence-electron chi connectivity index (χ2n) is 13.9. The van der Waals surface area contributed by atoms with E-state index in [4.69, 9.17) is 11.5 Å². The average molecular weight is 631 g/mol. The van der Waals surface area contributed by atoms with E-state index in [1.165, 1.54) is 128 Å². The van der Waals surface area contributed by atoms with E-state index in [1.54, 1.807) is 0 Å². The zero-order valence-corrected chi connectivity index (χ0v) is 29.7. The zero-order chi connectivity index (χ0) is 33.1. The van der Waals surface area contributed by atoms with E-state index in [0.29, 0.717) is 0 Å². The van der Waals surface area contributed by atoms with Gasteiger partial charge in [-0.25, -0.2) is 0 Å². The summed E-state index contributed by atoms with van der Waals surface area (Å²) >= 11 is 0. The smallest absolute Gasteiger partial charge is 0.0316 e. The molecule has 0 atom stereocenters. The highest BCUT2D eigenvalue weighted by Crippen LogP contribution is 2.22. The Bertz CT molecular complexity index is 1320. The van der Waals surface area contributed by atoms with Crippen molar-refractivity contribution in [3.05, 3.63) is 129 Å². The van der Waals surface area contributed by atoms with Gasteiger partial charge in [-0.1, -0.05) is 145 Å². The van der Waals surface area contributed by atoms with E-state index >= 15 is 0 Å². The van der Waals surface area contributed by atoms with E-state index in [9.17, 15) is 0 Å². The van der Waals surface area contributed by atoms with Gasteiger partial charge in [-0.2, -0.15) is 0 Å². The van der Waals surface area contributed by atoms with E-state index in [1.807, 2.05) is 12.1 Å². The van der Waals surface area contributed by atoms with Crippen LogP contribution in [-0.2, 0) is 38.5 Å². The molecule has 0 aliphatic carbocycles. The van der Waals surface area contributed by atoms with Crippen molar-refractivity contribution < 1.29 is 0 Å². The van der Waals surface area contributed by atoms with Crippen LogP contribution in [0, 0.1) is 0 Å². The Labute approximate surface area is 287 Å². The van der Waals surface area contributed by atoms with Crippen LogP contribution >= 0.6 is 0 Å². The molecule has 0 aliphatic rings. The minimum atomic E-state index is 0.875. The lowest BCUT2D eigenvalue weighted by molar-refractivity contribution is 0.545. The normalized spacial score (nSPS) is 11.3. The van der Waals surface area contributed by atoms with Crippen molar-refractivity contribution >= 4 is 11.4 Å². The van der Waals surface area contributed by atoms with Crippen LogP contribution < -0.4 is 11.5 Å². The summed E-state index contributed by atoms with van der Waals surface area (Å²) in [4.78, 5) is 0. The summed E-state index contributed by atoms with van der Waals surface area (Å²) in [5, 5.41) is 0. The molecule has 4 aromatic carbocycles. The molecule has 0 aromatic heterocycles. The zero-order valence-electron chi connectivity index (χ0n) is 29.7. The number of hydrogen-bond donors (Lipinski definition) is 2. The molecule has 252 valence electrons. The third-order valence-electron chi connectivity index (χ3n) is 9.77. The lowest BCUT2D eigenvalue weighted by Crippen LogP contribution is -1.98. The van der Waals surface area contributed by atoms with Gasteiger partial charge in [-0.15, -0.1) is 0 Å². The maximum atomic E-state index is 6.03. The van der Waals surface area contributed by atoms with Crippen LogP contribution in [0.3, 0.4) is 0 Å². The molecule has 47 heavy (non-hydrogen) atoms. The van der Waals surface area contributed by atoms with E-state index in [0.717, 1.165) is 49.9 Å². The van der Waals surface area contributed by atoms with E-state index in [-0.39, 0.29) is 0 Å². The minimum Gasteiger partial charge on any atom is -0.399 e. The van der Waals surface area contributed by atoms with Crippen LogP contribution in [0.25, 0.3) is 0 Å². The maximum absolute atomic E-state index is 6.03. The van der Waals surface area contributed by atoms with Crippen molar-refractivity contribution in [1.82, 2.24) is 0 Å². The average Bonchev–Trinajstić information content (AvgIpc) is 3.07. The van der Waals surface area contributed by atoms with Gasteiger partial charge in [0.1, 0.15) is 0 Å². The highest BCUT2D eigenvalue weighted by molar-refractivity contribution is 5.47. The number of nitrogens with two attached hydrogens (primary N) is 2. The fraction of sp³-hybridized carbons (Fsp3) is 0.467. The first-order valence-electron chi connectivity index (χ1n) is 18.9. The molecule has 0 bridgehead atoms. The van der Waals surface area contributed by atoms with Crippen molar-refractivity contribution in [3.8, 4) is 0 Å². The number of rotatable bonds is 22. The van der Waals surface area contributed by atoms with Crippen LogP contribution in [0.15, 0.2) is 84.9 Å². The molecule has 4 rings (SSSR count). The number of hydrogen-bond acceptors (Lipinski definition) is 2. The molecule has 4 N–H and O–H groups in total. The first-order valence-corrected chi connectivity index (χ1v) is 18.9. The monoisotopic (exact) mass is 630 g/mol. The fourth-order valence-electron chi connectivity index (χ4n) is 6.98. The van der Waals surface area contributed by atoms with Gasteiger partial charge >= 0.3 is 0 Å². The second-order valence-corrected chi connectivity index (χ2v) is 13.9. The lowest BCUT2D eigenvalue weighted by Gasteiger charge is -2.11. The van der Waals surface area contributed by atoms with E-state index < -0.39 is 0 Å². The van der Waals surface area contributed by atoms with Gasteiger partial charge in [-0.3, -0.25) is 0 Å². The van der Waals surface area contributed by atoms with Crippen molar-refractivity contribution in [2.75, 3.05) is 11.5 Å². The number of nitrogen functional groups attached to an aromatic ring is 2. The highest BCUT2D eigenvalue weighted by Gasteiger charge is 2.06. The van der Waals surface area contributed by atoms with Crippen LogP contribution in [0.4, 0.5) is 11.4 Å². The third kappa shape index (κ3) is 13.3. The van der Waals surface area contributed by atoms with Crippen molar-refractivity contribution in [3.63, 3.8) is 0 Å². The van der Waals surface area contributed by atoms with Gasteiger partial charge in [0, 0.05) is 11.4 Å². The highest BCUT2D eigenvalue weighted by atomic mass is 14.5. The first kappa shape index (κ1) is 36.3. The molecular formula is C45H62N2. The molecule has 0 saturated carbocycles. The molecule has 0 aliphatic heterocycles. The number of anilines is 2. The molecule has 0 spiro atoms. The SMILES string of the molecule is CCCc1cc(N)ccc1Cc1ccc(CCCCCCCCCCCCCc2ccc(Cc3ccc(N)cc3CCC)cc2)cc1. The first-order chi connectivity index (χ1) is 23.0. The standard InChI is InChI=1S/C45H62N2/c1-3-16-40-34-44(46)30-28-42(40)32-38-24-20-36(21-25-38)18-14-12-10-8-6-5-7-9-11-13-15-19-37-22-26-39(27-23-37)33-43-29-31-45(47)35-41(43)17-4-2/h20-31,34-35H,3-19,32-33,46-47H2,1-2H3. The summed E-state index contributed by atoms with van der Waals surface area (Å²) < 4.78 is 0. The van der Waals surface area contributed by atoms with Gasteiger partial charge in [0.25, 0.3) is 0 Å². The Morgan fingerprint density at radius 2 is 0.660 bits per heavy atom. The molecule has 4 aromatic rings. The summed E-state index contributed by atoms with van der Waals surface area (Å²) in [6, 6.07) is 31.5.